The first-order valence-corrected chi connectivity index (χ1v) is 6.28. The van der Waals surface area contributed by atoms with E-state index in [2.05, 4.69) is 0 Å². The normalized spacial score (nSPS) is 18.5. The molecule has 0 bridgehead atoms. The van der Waals surface area contributed by atoms with Gasteiger partial charge in [-0.3, -0.25) is 0 Å². The van der Waals surface area contributed by atoms with E-state index in [4.69, 9.17) is 14.0 Å². The molecule has 1 aromatic rings. The summed E-state index contributed by atoms with van der Waals surface area (Å²) in [4.78, 5) is 0. The Bertz CT molecular complexity index is 455. The van der Waals surface area contributed by atoms with Crippen molar-refractivity contribution in [3.8, 4) is 5.75 Å². The van der Waals surface area contributed by atoms with Crippen LogP contribution in [-0.4, -0.2) is 26.9 Å². The Labute approximate surface area is 112 Å². The first-order chi connectivity index (χ1) is 8.94. The van der Waals surface area contributed by atoms with Crippen molar-refractivity contribution in [2.45, 2.75) is 20.8 Å². The average Bonchev–Trinajstić information content (AvgIpc) is 2.36. The smallest absolute Gasteiger partial charge is 0.491 e. The van der Waals surface area contributed by atoms with E-state index < -0.39 is 18.8 Å². The Balaban J connectivity index is 2.20. The summed E-state index contributed by atoms with van der Waals surface area (Å²) in [7, 11) is -0.863. The van der Waals surface area contributed by atoms with Gasteiger partial charge in [0.2, 0.25) is 0 Å². The second-order valence-electron chi connectivity index (χ2n) is 5.33. The predicted octanol–water partition coefficient (Wildman–Crippen LogP) is 2.13. The van der Waals surface area contributed by atoms with Gasteiger partial charge >= 0.3 is 7.12 Å². The molecule has 0 aromatic heterocycles. The highest BCUT2D eigenvalue weighted by atomic mass is 19.2. The van der Waals surface area contributed by atoms with Gasteiger partial charge in [0.1, 0.15) is 0 Å². The molecule has 0 spiro atoms. The molecule has 1 fully saturated rings. The summed E-state index contributed by atoms with van der Waals surface area (Å²) >= 11 is 0. The van der Waals surface area contributed by atoms with Crippen LogP contribution in [0.4, 0.5) is 8.78 Å². The third kappa shape index (κ3) is 3.07. The molecule has 0 saturated carbocycles. The highest BCUT2D eigenvalue weighted by molar-refractivity contribution is 6.61. The van der Waals surface area contributed by atoms with E-state index in [-0.39, 0.29) is 23.2 Å². The van der Waals surface area contributed by atoms with Gasteiger partial charge in [-0.25, -0.2) is 4.39 Å². The summed E-state index contributed by atoms with van der Waals surface area (Å²) < 4.78 is 43.6. The number of halogens is 2. The maximum absolute atomic E-state index is 13.9. The van der Waals surface area contributed by atoms with Crippen LogP contribution in [0.2, 0.25) is 0 Å². The Morgan fingerprint density at radius 1 is 1.21 bits per heavy atom. The van der Waals surface area contributed by atoms with Gasteiger partial charge in [-0.1, -0.05) is 19.9 Å². The number of ether oxygens (including phenoxy) is 1. The molecule has 1 aliphatic heterocycles. The van der Waals surface area contributed by atoms with Crippen molar-refractivity contribution in [2.24, 2.45) is 5.41 Å². The van der Waals surface area contributed by atoms with E-state index in [1.54, 1.807) is 6.92 Å². The van der Waals surface area contributed by atoms with Crippen molar-refractivity contribution in [1.82, 2.24) is 0 Å². The summed E-state index contributed by atoms with van der Waals surface area (Å²) in [6.45, 7) is 6.83. The minimum Gasteiger partial charge on any atom is -0.491 e. The molecule has 19 heavy (non-hydrogen) atoms. The molecule has 1 aromatic carbocycles. The SMILES string of the molecule is CCOc1ccc(B2OCC(C)(C)CO2)c(F)c1F. The van der Waals surface area contributed by atoms with Crippen molar-refractivity contribution in [1.29, 1.82) is 0 Å². The Kier molecular flexibility index (Phi) is 4.11. The molecule has 6 heteroatoms. The summed E-state index contributed by atoms with van der Waals surface area (Å²) in [5, 5.41) is 0. The molecule has 0 amide bonds. The number of hydrogen-bond acceptors (Lipinski definition) is 3. The second-order valence-corrected chi connectivity index (χ2v) is 5.33. The lowest BCUT2D eigenvalue weighted by atomic mass is 9.75. The highest BCUT2D eigenvalue weighted by Crippen LogP contribution is 2.23. The molecule has 3 nitrogen and oxygen atoms in total. The van der Waals surface area contributed by atoms with Crippen molar-refractivity contribution >= 4 is 12.6 Å². The standard InChI is InChI=1S/C13H17BF2O3/c1-4-17-10-6-5-9(11(15)12(10)16)14-18-7-13(2,3)8-19-14/h5-6H,4,7-8H2,1-3H3. The molecule has 0 N–H and O–H groups in total. The van der Waals surface area contributed by atoms with Gasteiger partial charge < -0.3 is 14.0 Å². The van der Waals surface area contributed by atoms with Crippen molar-refractivity contribution in [2.75, 3.05) is 19.8 Å². The largest absolute Gasteiger partial charge is 0.497 e. The second kappa shape index (κ2) is 5.47. The van der Waals surface area contributed by atoms with Gasteiger partial charge in [-0.15, -0.1) is 0 Å². The topological polar surface area (TPSA) is 27.7 Å². The summed E-state index contributed by atoms with van der Waals surface area (Å²) in [5.41, 5.74) is -0.0481. The monoisotopic (exact) mass is 270 g/mol. The zero-order chi connectivity index (χ0) is 14.0. The van der Waals surface area contributed by atoms with Crippen LogP contribution in [0.1, 0.15) is 20.8 Å². The van der Waals surface area contributed by atoms with Gasteiger partial charge in [0.25, 0.3) is 0 Å². The van der Waals surface area contributed by atoms with Crippen LogP contribution in [0.3, 0.4) is 0 Å². The molecule has 1 heterocycles. The maximum atomic E-state index is 13.9. The molecule has 2 rings (SSSR count). The maximum Gasteiger partial charge on any atom is 0.497 e. The minimum absolute atomic E-state index is 0.0662. The average molecular weight is 270 g/mol. The van der Waals surface area contributed by atoms with Gasteiger partial charge in [-0.2, -0.15) is 4.39 Å². The zero-order valence-electron chi connectivity index (χ0n) is 11.3. The lowest BCUT2D eigenvalue weighted by Gasteiger charge is -2.33. The third-order valence-corrected chi connectivity index (χ3v) is 2.88. The fourth-order valence-corrected chi connectivity index (χ4v) is 1.87. The molecular formula is C13H17BF2O3. The Hall–Kier alpha value is -1.14. The highest BCUT2D eigenvalue weighted by Gasteiger charge is 2.36. The van der Waals surface area contributed by atoms with Crippen LogP contribution < -0.4 is 10.2 Å². The van der Waals surface area contributed by atoms with E-state index in [0.717, 1.165) is 0 Å². The fraction of sp³-hybridized carbons (Fsp3) is 0.538. The molecule has 0 atom stereocenters. The zero-order valence-corrected chi connectivity index (χ0v) is 11.3. The molecule has 0 aliphatic carbocycles. The first-order valence-electron chi connectivity index (χ1n) is 6.28. The van der Waals surface area contributed by atoms with E-state index in [1.807, 2.05) is 13.8 Å². The van der Waals surface area contributed by atoms with Gasteiger partial charge in [0.05, 0.1) is 6.61 Å². The quantitative estimate of drug-likeness (QED) is 0.787. The molecule has 104 valence electrons. The van der Waals surface area contributed by atoms with Crippen LogP contribution in [0, 0.1) is 17.0 Å². The molecule has 0 unspecified atom stereocenters. The minimum atomic E-state index is -1.00. The summed E-state index contributed by atoms with van der Waals surface area (Å²) in [6.07, 6.45) is 0. The number of hydrogen-bond donors (Lipinski definition) is 0. The summed E-state index contributed by atoms with van der Waals surface area (Å²) in [5.74, 6) is -2.08. The Morgan fingerprint density at radius 2 is 1.84 bits per heavy atom. The van der Waals surface area contributed by atoms with E-state index in [1.165, 1.54) is 12.1 Å². The van der Waals surface area contributed by atoms with Crippen LogP contribution in [-0.2, 0) is 9.31 Å². The summed E-state index contributed by atoms with van der Waals surface area (Å²) in [6, 6.07) is 2.83. The predicted molar refractivity (Wildman–Crippen MR) is 68.6 cm³/mol. The first kappa shape index (κ1) is 14.3. The van der Waals surface area contributed by atoms with Crippen LogP contribution in [0.5, 0.6) is 5.75 Å². The number of rotatable bonds is 3. The molecule has 1 aliphatic rings. The molecule has 1 saturated heterocycles. The van der Waals surface area contributed by atoms with Crippen molar-refractivity contribution in [3.63, 3.8) is 0 Å². The van der Waals surface area contributed by atoms with Crippen LogP contribution in [0.25, 0.3) is 0 Å². The lowest BCUT2D eigenvalue weighted by Crippen LogP contribution is -2.48. The third-order valence-electron chi connectivity index (χ3n) is 2.88. The fourth-order valence-electron chi connectivity index (χ4n) is 1.87. The Morgan fingerprint density at radius 3 is 2.42 bits per heavy atom. The van der Waals surface area contributed by atoms with E-state index >= 15 is 0 Å². The lowest BCUT2D eigenvalue weighted by molar-refractivity contribution is 0.0339. The van der Waals surface area contributed by atoms with Crippen LogP contribution >= 0.6 is 0 Å². The number of benzene rings is 1. The molecular weight excluding hydrogens is 253 g/mol. The van der Waals surface area contributed by atoms with Crippen molar-refractivity contribution in [3.05, 3.63) is 23.8 Å². The van der Waals surface area contributed by atoms with Gasteiger partial charge in [0, 0.05) is 24.1 Å². The van der Waals surface area contributed by atoms with Gasteiger partial charge in [-0.05, 0) is 13.0 Å². The van der Waals surface area contributed by atoms with Crippen molar-refractivity contribution < 1.29 is 22.8 Å². The van der Waals surface area contributed by atoms with Crippen LogP contribution in [0.15, 0.2) is 12.1 Å². The van der Waals surface area contributed by atoms with E-state index in [9.17, 15) is 8.78 Å². The molecule has 0 radical (unpaired) electrons. The van der Waals surface area contributed by atoms with Gasteiger partial charge in [0.15, 0.2) is 17.4 Å². The van der Waals surface area contributed by atoms with E-state index in [0.29, 0.717) is 13.2 Å².